The third kappa shape index (κ3) is 5.51. The largest absolute Gasteiger partial charge is 0.497 e. The molecular weight excluding hydrogens is 346 g/mol. The minimum atomic E-state index is -0.497. The van der Waals surface area contributed by atoms with Gasteiger partial charge in [-0.3, -0.25) is 9.59 Å². The highest BCUT2D eigenvalue weighted by atomic mass is 35.5. The molecule has 3 N–H and O–H groups in total. The van der Waals surface area contributed by atoms with Crippen molar-refractivity contribution in [2.24, 2.45) is 5.73 Å². The van der Waals surface area contributed by atoms with Crippen molar-refractivity contribution in [3.05, 3.63) is 18.2 Å². The third-order valence-electron chi connectivity index (χ3n) is 4.02. The lowest BCUT2D eigenvalue weighted by Crippen LogP contribution is -2.41. The molecule has 25 heavy (non-hydrogen) atoms. The lowest BCUT2D eigenvalue weighted by molar-refractivity contribution is -0.126. The van der Waals surface area contributed by atoms with Crippen molar-refractivity contribution in [3.8, 4) is 11.5 Å². The normalized spacial score (nSPS) is 17.7. The Morgan fingerprint density at radius 3 is 2.44 bits per heavy atom. The summed E-state index contributed by atoms with van der Waals surface area (Å²) in [7, 11) is 3.12. The van der Waals surface area contributed by atoms with Gasteiger partial charge in [0.25, 0.3) is 0 Å². The molecule has 1 aromatic carbocycles. The molecule has 1 aromatic rings. The van der Waals surface area contributed by atoms with Crippen molar-refractivity contribution < 1.29 is 19.1 Å². The van der Waals surface area contributed by atoms with Gasteiger partial charge in [0.05, 0.1) is 19.9 Å². The van der Waals surface area contributed by atoms with Crippen LogP contribution in [0.4, 0.5) is 5.69 Å². The molecule has 2 atom stereocenters. The minimum Gasteiger partial charge on any atom is -0.497 e. The Hall–Kier alpha value is -1.99. The second kappa shape index (κ2) is 9.48. The van der Waals surface area contributed by atoms with E-state index in [-0.39, 0.29) is 30.3 Å². The molecule has 2 amide bonds. The van der Waals surface area contributed by atoms with Gasteiger partial charge in [-0.1, -0.05) is 0 Å². The number of carbonyl (C=O) groups is 2. The predicted molar refractivity (Wildman–Crippen MR) is 98.6 cm³/mol. The van der Waals surface area contributed by atoms with E-state index in [1.807, 2.05) is 6.92 Å². The number of nitrogens with one attached hydrogen (secondary N) is 1. The minimum absolute atomic E-state index is 0. The van der Waals surface area contributed by atoms with Crippen molar-refractivity contribution in [2.45, 2.75) is 38.3 Å². The first kappa shape index (κ1) is 21.1. The zero-order chi connectivity index (χ0) is 17.7. The zero-order valence-electron chi connectivity index (χ0n) is 14.8. The van der Waals surface area contributed by atoms with Crippen LogP contribution in [0.2, 0.25) is 0 Å². The summed E-state index contributed by atoms with van der Waals surface area (Å²) in [6, 6.07) is 4.78. The fourth-order valence-electron chi connectivity index (χ4n) is 2.64. The van der Waals surface area contributed by atoms with Gasteiger partial charge in [-0.15, -0.1) is 12.4 Å². The lowest BCUT2D eigenvalue weighted by atomic mass is 10.1. The average molecular weight is 372 g/mol. The summed E-state index contributed by atoms with van der Waals surface area (Å²) in [6.45, 7) is 2.39. The third-order valence-corrected chi connectivity index (χ3v) is 4.02. The van der Waals surface area contributed by atoms with Crippen LogP contribution < -0.4 is 25.4 Å². The Bertz CT molecular complexity index is 587. The van der Waals surface area contributed by atoms with Gasteiger partial charge in [-0.25, -0.2) is 0 Å². The molecule has 0 aliphatic carbocycles. The van der Waals surface area contributed by atoms with E-state index in [4.69, 9.17) is 15.2 Å². The summed E-state index contributed by atoms with van der Waals surface area (Å²) in [5.41, 5.74) is 6.35. The molecular formula is C17H26ClN3O4. The van der Waals surface area contributed by atoms with Crippen molar-refractivity contribution >= 4 is 29.9 Å². The van der Waals surface area contributed by atoms with Gasteiger partial charge in [-0.2, -0.15) is 0 Å². The summed E-state index contributed by atoms with van der Waals surface area (Å²) >= 11 is 0. The number of hydrogen-bond acceptors (Lipinski definition) is 5. The summed E-state index contributed by atoms with van der Waals surface area (Å²) in [5, 5.41) is 2.79. The van der Waals surface area contributed by atoms with E-state index in [1.165, 1.54) is 0 Å². The molecule has 7 nitrogen and oxygen atoms in total. The molecule has 1 fully saturated rings. The Labute approximate surface area is 154 Å². The molecule has 8 heteroatoms. The van der Waals surface area contributed by atoms with Crippen molar-refractivity contribution in [3.63, 3.8) is 0 Å². The van der Waals surface area contributed by atoms with E-state index in [1.54, 1.807) is 37.3 Å². The number of benzene rings is 1. The highest BCUT2D eigenvalue weighted by molar-refractivity contribution is 6.01. The van der Waals surface area contributed by atoms with Gasteiger partial charge in [0.15, 0.2) is 0 Å². The first-order valence-corrected chi connectivity index (χ1v) is 8.04. The number of methoxy groups -OCH3 is 2. The molecule has 1 aliphatic heterocycles. The summed E-state index contributed by atoms with van der Waals surface area (Å²) in [5.74, 6) is 0.957. The maximum Gasteiger partial charge on any atom is 0.249 e. The van der Waals surface area contributed by atoms with Crippen molar-refractivity contribution in [1.29, 1.82) is 0 Å². The molecule has 1 heterocycles. The number of hydrogen-bond donors (Lipinski definition) is 2. The van der Waals surface area contributed by atoms with Gasteiger partial charge in [-0.05, 0) is 19.8 Å². The average Bonchev–Trinajstić information content (AvgIpc) is 2.93. The highest BCUT2D eigenvalue weighted by Crippen LogP contribution is 2.30. The molecule has 0 bridgehead atoms. The molecule has 0 saturated carbocycles. The van der Waals surface area contributed by atoms with Gasteiger partial charge in [0, 0.05) is 37.2 Å². The maximum atomic E-state index is 12.6. The molecule has 140 valence electrons. The first-order valence-electron chi connectivity index (χ1n) is 8.04. The molecule has 1 saturated heterocycles. The number of nitrogens with zero attached hydrogens (tertiary/aromatic N) is 1. The molecule has 1 aliphatic rings. The zero-order valence-corrected chi connectivity index (χ0v) is 15.6. The van der Waals surface area contributed by atoms with Crippen LogP contribution in [-0.2, 0) is 9.59 Å². The quantitative estimate of drug-likeness (QED) is 0.757. The highest BCUT2D eigenvalue weighted by Gasteiger charge is 2.33. The molecule has 0 radical (unpaired) electrons. The SMILES string of the molecule is COc1cc(OC)cc(N2CCC(NC(=O)CCC(C)N)C2=O)c1.Cl. The van der Waals surface area contributed by atoms with Crippen molar-refractivity contribution in [1.82, 2.24) is 5.32 Å². The number of carbonyl (C=O) groups excluding carboxylic acids is 2. The van der Waals surface area contributed by atoms with E-state index in [2.05, 4.69) is 5.32 Å². The van der Waals surface area contributed by atoms with Crippen LogP contribution in [-0.4, -0.2) is 44.7 Å². The monoisotopic (exact) mass is 371 g/mol. The smallest absolute Gasteiger partial charge is 0.249 e. The first-order chi connectivity index (χ1) is 11.4. The Morgan fingerprint density at radius 2 is 1.92 bits per heavy atom. The molecule has 2 unspecified atom stereocenters. The van der Waals surface area contributed by atoms with Gasteiger partial charge >= 0.3 is 0 Å². The molecule has 0 spiro atoms. The maximum absolute atomic E-state index is 12.6. The van der Waals surface area contributed by atoms with E-state index in [0.717, 1.165) is 0 Å². The van der Waals surface area contributed by atoms with Gasteiger partial charge in [0.1, 0.15) is 17.5 Å². The van der Waals surface area contributed by atoms with Crippen LogP contribution >= 0.6 is 12.4 Å². The van der Waals surface area contributed by atoms with E-state index < -0.39 is 6.04 Å². The van der Waals surface area contributed by atoms with Crippen LogP contribution in [0.25, 0.3) is 0 Å². The van der Waals surface area contributed by atoms with Gasteiger partial charge in [0.2, 0.25) is 11.8 Å². The van der Waals surface area contributed by atoms with E-state index in [0.29, 0.717) is 43.0 Å². The number of anilines is 1. The van der Waals surface area contributed by atoms with Crippen molar-refractivity contribution in [2.75, 3.05) is 25.7 Å². The summed E-state index contributed by atoms with van der Waals surface area (Å²) < 4.78 is 10.5. The fourth-order valence-corrected chi connectivity index (χ4v) is 2.64. The molecule has 0 aromatic heterocycles. The number of amides is 2. The number of halogens is 1. The van der Waals surface area contributed by atoms with Crippen LogP contribution in [0.3, 0.4) is 0 Å². The summed E-state index contributed by atoms with van der Waals surface area (Å²) in [6.07, 6.45) is 1.50. The summed E-state index contributed by atoms with van der Waals surface area (Å²) in [4.78, 5) is 26.1. The van der Waals surface area contributed by atoms with Gasteiger partial charge < -0.3 is 25.4 Å². The number of rotatable bonds is 7. The second-order valence-electron chi connectivity index (χ2n) is 5.99. The molecule has 2 rings (SSSR count). The number of nitrogens with two attached hydrogens (primary N) is 1. The standard InChI is InChI=1S/C17H25N3O4.ClH/c1-11(18)4-5-16(21)19-15-6-7-20(17(15)22)12-8-13(23-2)10-14(9-12)24-3;/h8-11,15H,4-7,18H2,1-3H3,(H,19,21);1H. The van der Waals surface area contributed by atoms with Crippen LogP contribution in [0.5, 0.6) is 11.5 Å². The van der Waals surface area contributed by atoms with Crippen LogP contribution in [0.15, 0.2) is 18.2 Å². The van der Waals surface area contributed by atoms with E-state index in [9.17, 15) is 9.59 Å². The second-order valence-corrected chi connectivity index (χ2v) is 5.99. The number of ether oxygens (including phenoxy) is 2. The van der Waals surface area contributed by atoms with Crippen LogP contribution in [0.1, 0.15) is 26.2 Å². The fraction of sp³-hybridized carbons (Fsp3) is 0.529. The topological polar surface area (TPSA) is 93.9 Å². The van der Waals surface area contributed by atoms with Crippen LogP contribution in [0, 0.1) is 0 Å². The predicted octanol–water partition coefficient (Wildman–Crippen LogP) is 1.47. The Morgan fingerprint density at radius 1 is 1.32 bits per heavy atom. The lowest BCUT2D eigenvalue weighted by Gasteiger charge is -2.19. The Kier molecular flexibility index (Phi) is 7.99. The Balaban J connectivity index is 0.00000312. The van der Waals surface area contributed by atoms with E-state index >= 15 is 0 Å².